The van der Waals surface area contributed by atoms with Crippen molar-refractivity contribution >= 4 is 33.4 Å². The summed E-state index contributed by atoms with van der Waals surface area (Å²) < 4.78 is 27.8. The van der Waals surface area contributed by atoms with Gasteiger partial charge in [-0.05, 0) is 62.8 Å². The van der Waals surface area contributed by atoms with Crippen LogP contribution >= 0.6 is 0 Å². The van der Waals surface area contributed by atoms with Crippen LogP contribution in [0.1, 0.15) is 51.4 Å². The van der Waals surface area contributed by atoms with Gasteiger partial charge in [-0.25, -0.2) is 8.42 Å². The Labute approximate surface area is 177 Å². The van der Waals surface area contributed by atoms with E-state index in [2.05, 4.69) is 15.0 Å². The fraction of sp³-hybridized carbons (Fsp3) is 0.571. The normalized spacial score (nSPS) is 22.2. The number of hydrogen-bond acceptors (Lipinski definition) is 5. The van der Waals surface area contributed by atoms with Crippen LogP contribution in [0.5, 0.6) is 0 Å². The number of amides is 2. The highest BCUT2D eigenvalue weighted by molar-refractivity contribution is 7.90. The molecule has 1 aromatic rings. The van der Waals surface area contributed by atoms with E-state index in [4.69, 9.17) is 0 Å². The SMILES string of the molecule is O=C(Nc1ccc(S(=O)(=O)NC2=NCCCCC2)cc1)C1CCCN1C(=O)C1CC1. The number of carbonyl (C=O) groups excluding carboxylic acids is 2. The van der Waals surface area contributed by atoms with Gasteiger partial charge in [0.25, 0.3) is 10.0 Å². The summed E-state index contributed by atoms with van der Waals surface area (Å²) in [5.74, 6) is 0.463. The van der Waals surface area contributed by atoms with Gasteiger partial charge >= 0.3 is 0 Å². The fourth-order valence-corrected chi connectivity index (χ4v) is 5.07. The average Bonchev–Trinajstić information content (AvgIpc) is 3.50. The molecule has 8 nitrogen and oxygen atoms in total. The number of likely N-dealkylation sites (tertiary alicyclic amines) is 1. The van der Waals surface area contributed by atoms with Crippen molar-refractivity contribution in [3.8, 4) is 0 Å². The van der Waals surface area contributed by atoms with Crippen molar-refractivity contribution in [2.75, 3.05) is 18.4 Å². The number of benzene rings is 1. The molecule has 1 unspecified atom stereocenters. The highest BCUT2D eigenvalue weighted by atomic mass is 32.2. The number of rotatable bonds is 5. The number of carbonyl (C=O) groups is 2. The van der Waals surface area contributed by atoms with Gasteiger partial charge in [0, 0.05) is 31.1 Å². The van der Waals surface area contributed by atoms with Gasteiger partial charge in [0.1, 0.15) is 11.9 Å². The highest BCUT2D eigenvalue weighted by Gasteiger charge is 2.40. The van der Waals surface area contributed by atoms with E-state index in [1.54, 1.807) is 17.0 Å². The first-order chi connectivity index (χ1) is 14.4. The first-order valence-electron chi connectivity index (χ1n) is 10.7. The maximum absolute atomic E-state index is 12.7. The van der Waals surface area contributed by atoms with Crippen molar-refractivity contribution in [2.24, 2.45) is 10.9 Å². The molecule has 0 bridgehead atoms. The topological polar surface area (TPSA) is 108 Å². The van der Waals surface area contributed by atoms with Crippen LogP contribution < -0.4 is 10.0 Å². The Kier molecular flexibility index (Phi) is 6.08. The molecule has 9 heteroatoms. The van der Waals surface area contributed by atoms with Gasteiger partial charge < -0.3 is 10.2 Å². The Balaban J connectivity index is 1.38. The molecule has 1 aromatic carbocycles. The molecule has 3 aliphatic rings. The Bertz CT molecular complexity index is 938. The van der Waals surface area contributed by atoms with E-state index in [1.807, 2.05) is 0 Å². The molecule has 2 amide bonds. The molecule has 0 radical (unpaired) electrons. The lowest BCUT2D eigenvalue weighted by molar-refractivity contribution is -0.137. The molecule has 2 N–H and O–H groups in total. The summed E-state index contributed by atoms with van der Waals surface area (Å²) in [7, 11) is -3.71. The van der Waals surface area contributed by atoms with Crippen molar-refractivity contribution in [2.45, 2.75) is 62.3 Å². The van der Waals surface area contributed by atoms with Crippen LogP contribution in [0.2, 0.25) is 0 Å². The predicted octanol–water partition coefficient (Wildman–Crippen LogP) is 2.28. The number of nitrogens with zero attached hydrogens (tertiary/aromatic N) is 2. The third kappa shape index (κ3) is 4.83. The summed E-state index contributed by atoms with van der Waals surface area (Å²) in [5, 5.41) is 2.82. The summed E-state index contributed by atoms with van der Waals surface area (Å²) in [5.41, 5.74) is 0.511. The minimum Gasteiger partial charge on any atom is -0.330 e. The summed E-state index contributed by atoms with van der Waals surface area (Å²) in [6, 6.07) is 5.64. The fourth-order valence-electron chi connectivity index (χ4n) is 3.98. The van der Waals surface area contributed by atoms with Gasteiger partial charge in [0.2, 0.25) is 11.8 Å². The summed E-state index contributed by atoms with van der Waals surface area (Å²) in [4.78, 5) is 31.2. The quantitative estimate of drug-likeness (QED) is 0.744. The van der Waals surface area contributed by atoms with Gasteiger partial charge in [-0.2, -0.15) is 0 Å². The first kappa shape index (κ1) is 20.8. The molecule has 0 aromatic heterocycles. The third-order valence-electron chi connectivity index (χ3n) is 5.82. The van der Waals surface area contributed by atoms with E-state index < -0.39 is 16.1 Å². The minimum atomic E-state index is -3.71. The van der Waals surface area contributed by atoms with E-state index >= 15 is 0 Å². The van der Waals surface area contributed by atoms with E-state index in [0.29, 0.717) is 37.5 Å². The van der Waals surface area contributed by atoms with Crippen molar-refractivity contribution in [3.05, 3.63) is 24.3 Å². The van der Waals surface area contributed by atoms with Crippen LogP contribution in [0.3, 0.4) is 0 Å². The van der Waals surface area contributed by atoms with Crippen LogP contribution in [0, 0.1) is 5.92 Å². The molecule has 162 valence electrons. The van der Waals surface area contributed by atoms with E-state index in [0.717, 1.165) is 38.5 Å². The van der Waals surface area contributed by atoms with Crippen molar-refractivity contribution in [1.29, 1.82) is 0 Å². The zero-order valence-corrected chi connectivity index (χ0v) is 17.8. The summed E-state index contributed by atoms with van der Waals surface area (Å²) in [6.45, 7) is 1.27. The van der Waals surface area contributed by atoms with Crippen molar-refractivity contribution < 1.29 is 18.0 Å². The largest absolute Gasteiger partial charge is 0.330 e. The lowest BCUT2D eigenvalue weighted by Gasteiger charge is -2.24. The zero-order chi connectivity index (χ0) is 21.1. The molecule has 1 aliphatic carbocycles. The lowest BCUT2D eigenvalue weighted by Crippen LogP contribution is -2.43. The number of hydrogen-bond donors (Lipinski definition) is 2. The monoisotopic (exact) mass is 432 g/mol. The van der Waals surface area contributed by atoms with Gasteiger partial charge in [0.05, 0.1) is 4.90 Å². The maximum Gasteiger partial charge on any atom is 0.262 e. The smallest absolute Gasteiger partial charge is 0.262 e. The van der Waals surface area contributed by atoms with Crippen LogP contribution in [0.4, 0.5) is 5.69 Å². The second-order valence-electron chi connectivity index (χ2n) is 8.22. The molecular weight excluding hydrogens is 404 g/mol. The molecule has 1 atom stereocenters. The maximum atomic E-state index is 12.7. The van der Waals surface area contributed by atoms with E-state index in [9.17, 15) is 18.0 Å². The Morgan fingerprint density at radius 2 is 1.77 bits per heavy atom. The number of aliphatic imine (C=N–C) groups is 1. The molecule has 1 saturated carbocycles. The predicted molar refractivity (Wildman–Crippen MR) is 114 cm³/mol. The molecule has 2 aliphatic heterocycles. The summed E-state index contributed by atoms with van der Waals surface area (Å²) in [6.07, 6.45) is 6.89. The third-order valence-corrected chi connectivity index (χ3v) is 7.22. The van der Waals surface area contributed by atoms with Crippen LogP contribution in [0.15, 0.2) is 34.2 Å². The van der Waals surface area contributed by atoms with Gasteiger partial charge in [-0.3, -0.25) is 19.3 Å². The van der Waals surface area contributed by atoms with E-state index in [1.165, 1.54) is 12.1 Å². The summed E-state index contributed by atoms with van der Waals surface area (Å²) >= 11 is 0. The first-order valence-corrected chi connectivity index (χ1v) is 12.2. The number of sulfonamides is 1. The Morgan fingerprint density at radius 3 is 2.50 bits per heavy atom. The molecule has 30 heavy (non-hydrogen) atoms. The molecule has 2 fully saturated rings. The highest BCUT2D eigenvalue weighted by Crippen LogP contribution is 2.34. The van der Waals surface area contributed by atoms with Crippen LogP contribution in [0.25, 0.3) is 0 Å². The second-order valence-corrected chi connectivity index (χ2v) is 9.90. The number of amidine groups is 1. The van der Waals surface area contributed by atoms with Crippen molar-refractivity contribution in [1.82, 2.24) is 9.62 Å². The number of nitrogens with one attached hydrogen (secondary N) is 2. The van der Waals surface area contributed by atoms with E-state index in [-0.39, 0.29) is 22.6 Å². The van der Waals surface area contributed by atoms with Crippen LogP contribution in [-0.2, 0) is 19.6 Å². The minimum absolute atomic E-state index is 0.0848. The lowest BCUT2D eigenvalue weighted by atomic mass is 10.2. The standard InChI is InChI=1S/C21H28N4O4S/c26-20(18-5-4-14-25(18)21(27)15-7-8-15)23-16-9-11-17(12-10-16)30(28,29)24-19-6-2-1-3-13-22-19/h9-12,15,18H,1-8,13-14H2,(H,22,24)(H,23,26). The molecule has 0 spiro atoms. The van der Waals surface area contributed by atoms with Crippen molar-refractivity contribution in [3.63, 3.8) is 0 Å². The zero-order valence-electron chi connectivity index (χ0n) is 17.0. The second kappa shape index (κ2) is 8.75. The average molecular weight is 433 g/mol. The Morgan fingerprint density at radius 1 is 1.00 bits per heavy atom. The van der Waals surface area contributed by atoms with Gasteiger partial charge in [-0.1, -0.05) is 6.42 Å². The van der Waals surface area contributed by atoms with Gasteiger partial charge in [-0.15, -0.1) is 0 Å². The van der Waals surface area contributed by atoms with Gasteiger partial charge in [0.15, 0.2) is 0 Å². The molecule has 1 saturated heterocycles. The van der Waals surface area contributed by atoms with Crippen LogP contribution in [-0.4, -0.2) is 50.1 Å². The number of anilines is 1. The molecular formula is C21H28N4O4S. The molecule has 2 heterocycles. The molecule has 4 rings (SSSR count). The Hall–Kier alpha value is -2.42.